The zero-order valence-electron chi connectivity index (χ0n) is 12.9. The Labute approximate surface area is 141 Å². The summed E-state index contributed by atoms with van der Waals surface area (Å²) in [7, 11) is 0. The van der Waals surface area contributed by atoms with Gasteiger partial charge in [0.15, 0.2) is 0 Å². The molecule has 0 radical (unpaired) electrons. The van der Waals surface area contributed by atoms with Crippen LogP contribution in [0.15, 0.2) is 46.0 Å². The maximum Gasteiger partial charge on any atom is 0.276 e. The topological polar surface area (TPSA) is 76.3 Å². The predicted molar refractivity (Wildman–Crippen MR) is 89.1 cm³/mol. The van der Waals surface area contributed by atoms with Crippen molar-refractivity contribution in [3.8, 4) is 0 Å². The number of amides is 2. The molecule has 1 aliphatic heterocycles. The van der Waals surface area contributed by atoms with Crippen molar-refractivity contribution in [2.45, 2.75) is 11.6 Å². The van der Waals surface area contributed by atoms with Crippen molar-refractivity contribution in [3.63, 3.8) is 0 Å². The van der Waals surface area contributed by atoms with Crippen LogP contribution in [0, 0.1) is 0 Å². The van der Waals surface area contributed by atoms with Crippen molar-refractivity contribution in [3.05, 3.63) is 53.4 Å². The lowest BCUT2D eigenvalue weighted by atomic mass is 9.94. The van der Waals surface area contributed by atoms with Gasteiger partial charge in [-0.2, -0.15) is 0 Å². The molecule has 2 aromatic carbocycles. The van der Waals surface area contributed by atoms with Gasteiger partial charge < -0.3 is 4.42 Å². The zero-order chi connectivity index (χ0) is 16.7. The van der Waals surface area contributed by atoms with Gasteiger partial charge in [0.25, 0.3) is 17.0 Å². The summed E-state index contributed by atoms with van der Waals surface area (Å²) < 4.78 is 5.41. The fraction of sp³-hybridized carbons (Fsp3) is 0.176. The Kier molecular flexibility index (Phi) is 3.57. The monoisotopic (exact) mass is 339 g/mol. The molecular formula is C17H13N3O3S. The molecule has 0 aliphatic carbocycles. The van der Waals surface area contributed by atoms with Crippen LogP contribution in [-0.4, -0.2) is 39.7 Å². The molecule has 0 saturated carbocycles. The van der Waals surface area contributed by atoms with E-state index in [2.05, 4.69) is 10.2 Å². The summed E-state index contributed by atoms with van der Waals surface area (Å²) in [4.78, 5) is 26.7. The molecular weight excluding hydrogens is 326 g/mol. The maximum atomic E-state index is 12.7. The summed E-state index contributed by atoms with van der Waals surface area (Å²) in [5.74, 6) is -0.153. The lowest BCUT2D eigenvalue weighted by Crippen LogP contribution is -2.41. The van der Waals surface area contributed by atoms with Crippen molar-refractivity contribution in [2.75, 3.05) is 12.8 Å². The lowest BCUT2D eigenvalue weighted by Gasteiger charge is -2.26. The number of carbonyl (C=O) groups is 2. The smallest absolute Gasteiger partial charge is 0.276 e. The van der Waals surface area contributed by atoms with Gasteiger partial charge in [-0.1, -0.05) is 36.0 Å². The first-order valence-corrected chi connectivity index (χ1v) is 8.66. The molecule has 0 bridgehead atoms. The summed E-state index contributed by atoms with van der Waals surface area (Å²) in [5, 5.41) is 9.87. The summed E-state index contributed by atoms with van der Waals surface area (Å²) in [6.45, 7) is 0.207. The lowest BCUT2D eigenvalue weighted by molar-refractivity contribution is 0.0610. The molecule has 0 saturated heterocycles. The highest BCUT2D eigenvalue weighted by Crippen LogP contribution is 2.30. The van der Waals surface area contributed by atoms with Crippen molar-refractivity contribution in [1.29, 1.82) is 0 Å². The molecule has 0 atom stereocenters. The molecule has 0 fully saturated rings. The highest BCUT2D eigenvalue weighted by molar-refractivity contribution is 7.98. The molecule has 0 unspecified atom stereocenters. The van der Waals surface area contributed by atoms with Crippen LogP contribution in [0.25, 0.3) is 10.8 Å². The van der Waals surface area contributed by atoms with Crippen LogP contribution in [0.1, 0.15) is 26.6 Å². The first-order valence-electron chi connectivity index (χ1n) is 7.43. The highest BCUT2D eigenvalue weighted by atomic mass is 32.2. The van der Waals surface area contributed by atoms with Crippen LogP contribution >= 0.6 is 11.8 Å². The molecule has 3 aromatic rings. The van der Waals surface area contributed by atoms with E-state index in [9.17, 15) is 9.59 Å². The summed E-state index contributed by atoms with van der Waals surface area (Å²) >= 11 is 1.35. The Morgan fingerprint density at radius 3 is 2.29 bits per heavy atom. The number of imide groups is 1. The minimum absolute atomic E-state index is 0.207. The van der Waals surface area contributed by atoms with Crippen LogP contribution in [0.5, 0.6) is 0 Å². The molecule has 2 heterocycles. The first kappa shape index (κ1) is 14.9. The molecule has 2 amide bonds. The van der Waals surface area contributed by atoms with E-state index in [1.807, 2.05) is 30.5 Å². The Balaban J connectivity index is 1.66. The van der Waals surface area contributed by atoms with Crippen LogP contribution < -0.4 is 0 Å². The van der Waals surface area contributed by atoms with Crippen LogP contribution in [0.3, 0.4) is 0 Å². The van der Waals surface area contributed by atoms with Gasteiger partial charge in [-0.15, -0.1) is 10.2 Å². The van der Waals surface area contributed by atoms with Gasteiger partial charge in [0.05, 0.1) is 0 Å². The second-order valence-corrected chi connectivity index (χ2v) is 6.14. The third kappa shape index (κ3) is 2.28. The van der Waals surface area contributed by atoms with Gasteiger partial charge in [0.1, 0.15) is 0 Å². The second-order valence-electron chi connectivity index (χ2n) is 5.39. The largest absolute Gasteiger partial charge is 0.416 e. The van der Waals surface area contributed by atoms with E-state index in [1.54, 1.807) is 12.1 Å². The number of carbonyl (C=O) groups excluding carboxylic acids is 2. The molecule has 0 N–H and O–H groups in total. The normalized spacial score (nSPS) is 13.8. The zero-order valence-corrected chi connectivity index (χ0v) is 13.7. The van der Waals surface area contributed by atoms with Gasteiger partial charge in [-0.05, 0) is 23.8 Å². The highest BCUT2D eigenvalue weighted by Gasteiger charge is 2.32. The van der Waals surface area contributed by atoms with E-state index in [0.717, 1.165) is 10.8 Å². The van der Waals surface area contributed by atoms with E-state index in [1.165, 1.54) is 16.7 Å². The number of aromatic nitrogens is 2. The molecule has 120 valence electrons. The number of nitrogens with zero attached hydrogens (tertiary/aromatic N) is 3. The van der Waals surface area contributed by atoms with Crippen LogP contribution in [0.2, 0.25) is 0 Å². The average molecular weight is 339 g/mol. The molecule has 24 heavy (non-hydrogen) atoms. The van der Waals surface area contributed by atoms with Gasteiger partial charge >= 0.3 is 0 Å². The van der Waals surface area contributed by atoms with Gasteiger partial charge in [-0.3, -0.25) is 14.5 Å². The minimum atomic E-state index is -0.283. The molecule has 4 rings (SSSR count). The number of hydrogen-bond acceptors (Lipinski definition) is 6. The summed E-state index contributed by atoms with van der Waals surface area (Å²) in [5.41, 5.74) is 1.11. The quantitative estimate of drug-likeness (QED) is 0.537. The number of thioether (sulfide) groups is 1. The Hall–Kier alpha value is -2.67. The first-order chi connectivity index (χ1) is 11.7. The Morgan fingerprint density at radius 2 is 1.71 bits per heavy atom. The number of rotatable bonds is 4. The third-order valence-electron chi connectivity index (χ3n) is 4.03. The number of benzene rings is 2. The maximum absolute atomic E-state index is 12.7. The van der Waals surface area contributed by atoms with Crippen molar-refractivity contribution < 1.29 is 14.0 Å². The fourth-order valence-corrected chi connectivity index (χ4v) is 3.21. The van der Waals surface area contributed by atoms with Crippen LogP contribution in [0.4, 0.5) is 0 Å². The van der Waals surface area contributed by atoms with Crippen molar-refractivity contribution in [1.82, 2.24) is 15.1 Å². The fourth-order valence-electron chi connectivity index (χ4n) is 2.91. The van der Waals surface area contributed by atoms with Gasteiger partial charge in [-0.25, -0.2) is 0 Å². The van der Waals surface area contributed by atoms with E-state index in [-0.39, 0.29) is 18.4 Å². The van der Waals surface area contributed by atoms with Gasteiger partial charge in [0, 0.05) is 29.5 Å². The third-order valence-corrected chi connectivity index (χ3v) is 4.54. The predicted octanol–water partition coefficient (Wildman–Crippen LogP) is 2.78. The Morgan fingerprint density at radius 1 is 1.04 bits per heavy atom. The van der Waals surface area contributed by atoms with Crippen molar-refractivity contribution >= 4 is 34.3 Å². The van der Waals surface area contributed by atoms with E-state index in [0.29, 0.717) is 28.7 Å². The summed E-state index contributed by atoms with van der Waals surface area (Å²) in [6.07, 6.45) is 2.18. The SMILES string of the molecule is CSc1nnc(CCN2C(=O)c3cccc4cccc(c34)C2=O)o1. The molecule has 0 spiro atoms. The molecule has 1 aromatic heterocycles. The second kappa shape index (κ2) is 5.76. The number of hydrogen-bond donors (Lipinski definition) is 0. The molecule has 7 heteroatoms. The van der Waals surface area contributed by atoms with Crippen LogP contribution in [-0.2, 0) is 6.42 Å². The van der Waals surface area contributed by atoms with E-state index in [4.69, 9.17) is 4.42 Å². The average Bonchev–Trinajstić information content (AvgIpc) is 3.07. The molecule has 6 nitrogen and oxygen atoms in total. The van der Waals surface area contributed by atoms with E-state index < -0.39 is 0 Å². The molecule has 1 aliphatic rings. The van der Waals surface area contributed by atoms with Gasteiger partial charge in [0.2, 0.25) is 5.89 Å². The van der Waals surface area contributed by atoms with Crippen molar-refractivity contribution in [2.24, 2.45) is 0 Å². The van der Waals surface area contributed by atoms with E-state index >= 15 is 0 Å². The Bertz CT molecular complexity index is 916. The summed E-state index contributed by atoms with van der Waals surface area (Å²) in [6, 6.07) is 11.0. The minimum Gasteiger partial charge on any atom is -0.416 e. The standard InChI is InChI=1S/C17H13N3O3S/c1-24-17-19-18-13(23-17)8-9-20-15(21)11-6-2-4-10-5-3-7-12(14(10)11)16(20)22/h2-7H,8-9H2,1H3.